The van der Waals surface area contributed by atoms with Gasteiger partial charge < -0.3 is 20.3 Å². The molecule has 3 rings (SSSR count). The molecular weight excluding hydrogens is 370 g/mol. The highest BCUT2D eigenvalue weighted by Gasteiger charge is 2.24. The highest BCUT2D eigenvalue weighted by atomic mass is 32.2. The first-order chi connectivity index (χ1) is 13.0. The Morgan fingerprint density at radius 2 is 2.07 bits per heavy atom. The lowest BCUT2D eigenvalue weighted by Crippen LogP contribution is -2.28. The van der Waals surface area contributed by atoms with E-state index in [4.69, 9.17) is 4.74 Å². The molecule has 9 heteroatoms. The molecule has 2 aliphatic rings. The van der Waals surface area contributed by atoms with Gasteiger partial charge in [0.25, 0.3) is 17.1 Å². The summed E-state index contributed by atoms with van der Waals surface area (Å²) in [5.41, 5.74) is 0.920. The summed E-state index contributed by atoms with van der Waals surface area (Å²) in [5, 5.41) is 5.45. The van der Waals surface area contributed by atoms with Crippen LogP contribution in [0.3, 0.4) is 0 Å². The molecule has 1 aliphatic carbocycles. The average molecular weight is 391 g/mol. The van der Waals surface area contributed by atoms with E-state index < -0.39 is 18.5 Å². The standard InChI is InChI=1S/C18H21N3O5S/c22-15(11-26-16(23)6-7-21-8-9-27-18(21)25)19-14-3-1-2-12(10-14)17(24)20-13-4-5-13/h1-3,10,13H,4-9,11H2,(H,19,22)(H,20,24). The lowest BCUT2D eigenvalue weighted by molar-refractivity contribution is -0.147. The van der Waals surface area contributed by atoms with Crippen molar-refractivity contribution in [3.63, 3.8) is 0 Å². The molecule has 1 aliphatic heterocycles. The largest absolute Gasteiger partial charge is 0.456 e. The zero-order valence-electron chi connectivity index (χ0n) is 14.7. The summed E-state index contributed by atoms with van der Waals surface area (Å²) in [5.74, 6) is -0.466. The fourth-order valence-corrected chi connectivity index (χ4v) is 3.36. The summed E-state index contributed by atoms with van der Waals surface area (Å²) in [6.07, 6.45) is 2.05. The zero-order valence-corrected chi connectivity index (χ0v) is 15.5. The molecule has 1 aromatic rings. The van der Waals surface area contributed by atoms with Gasteiger partial charge >= 0.3 is 5.97 Å². The van der Waals surface area contributed by atoms with Crippen molar-refractivity contribution in [2.45, 2.75) is 25.3 Å². The Hall–Kier alpha value is -2.55. The van der Waals surface area contributed by atoms with Crippen molar-refractivity contribution in [3.05, 3.63) is 29.8 Å². The summed E-state index contributed by atoms with van der Waals surface area (Å²) in [6.45, 7) is 0.506. The van der Waals surface area contributed by atoms with E-state index in [-0.39, 0.29) is 23.6 Å². The molecule has 1 saturated carbocycles. The van der Waals surface area contributed by atoms with Crippen LogP contribution in [0, 0.1) is 0 Å². The number of hydrogen-bond donors (Lipinski definition) is 2. The monoisotopic (exact) mass is 391 g/mol. The van der Waals surface area contributed by atoms with Crippen molar-refractivity contribution in [1.29, 1.82) is 0 Å². The van der Waals surface area contributed by atoms with Crippen molar-refractivity contribution < 1.29 is 23.9 Å². The van der Waals surface area contributed by atoms with E-state index in [0.717, 1.165) is 18.6 Å². The Morgan fingerprint density at radius 3 is 2.78 bits per heavy atom. The van der Waals surface area contributed by atoms with Crippen LogP contribution in [0.25, 0.3) is 0 Å². The lowest BCUT2D eigenvalue weighted by Gasteiger charge is -2.13. The van der Waals surface area contributed by atoms with Gasteiger partial charge in [0.1, 0.15) is 0 Å². The van der Waals surface area contributed by atoms with Gasteiger partial charge in [0.05, 0.1) is 6.42 Å². The molecule has 144 valence electrons. The molecular formula is C18H21N3O5S. The lowest BCUT2D eigenvalue weighted by atomic mass is 10.2. The van der Waals surface area contributed by atoms with E-state index in [1.807, 2.05) is 0 Å². The van der Waals surface area contributed by atoms with E-state index in [0.29, 0.717) is 24.3 Å². The van der Waals surface area contributed by atoms with Gasteiger partial charge in [0.2, 0.25) is 0 Å². The number of carbonyl (C=O) groups excluding carboxylic acids is 4. The maximum absolute atomic E-state index is 12.0. The Labute approximate surface area is 161 Å². The second kappa shape index (κ2) is 8.90. The molecule has 0 atom stereocenters. The SMILES string of the molecule is O=C(COC(=O)CCN1CCSC1=O)Nc1cccc(C(=O)NC2CC2)c1. The fraction of sp³-hybridized carbons (Fsp3) is 0.444. The van der Waals surface area contributed by atoms with Gasteiger partial charge in [0, 0.05) is 36.1 Å². The maximum atomic E-state index is 12.0. The molecule has 0 radical (unpaired) electrons. The first-order valence-electron chi connectivity index (χ1n) is 8.79. The van der Waals surface area contributed by atoms with Crippen molar-refractivity contribution in [1.82, 2.24) is 10.2 Å². The average Bonchev–Trinajstić information content (AvgIpc) is 3.37. The number of anilines is 1. The first kappa shape index (κ1) is 19.2. The molecule has 0 spiro atoms. The number of carbonyl (C=O) groups is 4. The van der Waals surface area contributed by atoms with Gasteiger partial charge in [0.15, 0.2) is 6.61 Å². The Balaban J connectivity index is 1.40. The van der Waals surface area contributed by atoms with Crippen LogP contribution in [-0.4, -0.2) is 59.4 Å². The number of amides is 3. The number of hydrogen-bond acceptors (Lipinski definition) is 6. The zero-order chi connectivity index (χ0) is 19.2. The predicted octanol–water partition coefficient (Wildman–Crippen LogP) is 1.62. The fourth-order valence-electron chi connectivity index (χ4n) is 2.50. The van der Waals surface area contributed by atoms with E-state index in [9.17, 15) is 19.2 Å². The van der Waals surface area contributed by atoms with E-state index in [1.165, 1.54) is 11.8 Å². The van der Waals surface area contributed by atoms with Crippen molar-refractivity contribution in [2.24, 2.45) is 0 Å². The van der Waals surface area contributed by atoms with E-state index in [1.54, 1.807) is 29.2 Å². The molecule has 1 aromatic carbocycles. The van der Waals surface area contributed by atoms with Crippen molar-refractivity contribution >= 4 is 40.5 Å². The molecule has 2 fully saturated rings. The van der Waals surface area contributed by atoms with Crippen LogP contribution in [0.4, 0.5) is 10.5 Å². The normalized spacial score (nSPS) is 16.1. The molecule has 2 N–H and O–H groups in total. The molecule has 1 saturated heterocycles. The van der Waals surface area contributed by atoms with Gasteiger partial charge in [-0.2, -0.15) is 0 Å². The van der Waals surface area contributed by atoms with Crippen LogP contribution < -0.4 is 10.6 Å². The second-order valence-corrected chi connectivity index (χ2v) is 7.43. The molecule has 3 amide bonds. The number of nitrogens with one attached hydrogen (secondary N) is 2. The van der Waals surface area contributed by atoms with Gasteiger partial charge in [-0.15, -0.1) is 0 Å². The third-order valence-corrected chi connectivity index (χ3v) is 5.01. The minimum absolute atomic E-state index is 0.0360. The van der Waals surface area contributed by atoms with Crippen LogP contribution in [-0.2, 0) is 14.3 Å². The highest BCUT2D eigenvalue weighted by Crippen LogP contribution is 2.20. The Morgan fingerprint density at radius 1 is 1.26 bits per heavy atom. The molecule has 1 heterocycles. The number of esters is 1. The smallest absolute Gasteiger partial charge is 0.308 e. The van der Waals surface area contributed by atoms with Crippen molar-refractivity contribution in [3.8, 4) is 0 Å². The maximum Gasteiger partial charge on any atom is 0.308 e. The van der Waals surface area contributed by atoms with Gasteiger partial charge in [-0.1, -0.05) is 17.8 Å². The van der Waals surface area contributed by atoms with Gasteiger partial charge in [-0.05, 0) is 31.0 Å². The summed E-state index contributed by atoms with van der Waals surface area (Å²) < 4.78 is 4.93. The quantitative estimate of drug-likeness (QED) is 0.653. The number of rotatable bonds is 8. The first-order valence-corrected chi connectivity index (χ1v) is 9.78. The topological polar surface area (TPSA) is 105 Å². The minimum atomic E-state index is -0.535. The third-order valence-electron chi connectivity index (χ3n) is 4.12. The number of thioether (sulfide) groups is 1. The summed E-state index contributed by atoms with van der Waals surface area (Å²) >= 11 is 1.23. The number of ether oxygens (including phenoxy) is 1. The van der Waals surface area contributed by atoms with Crippen LogP contribution in [0.5, 0.6) is 0 Å². The predicted molar refractivity (Wildman–Crippen MR) is 101 cm³/mol. The van der Waals surface area contributed by atoms with E-state index in [2.05, 4.69) is 10.6 Å². The summed E-state index contributed by atoms with van der Waals surface area (Å²) in [7, 11) is 0. The number of nitrogens with zero attached hydrogens (tertiary/aromatic N) is 1. The summed E-state index contributed by atoms with van der Waals surface area (Å²) in [6, 6.07) is 6.84. The highest BCUT2D eigenvalue weighted by molar-refractivity contribution is 8.13. The molecule has 0 bridgehead atoms. The van der Waals surface area contributed by atoms with E-state index >= 15 is 0 Å². The van der Waals surface area contributed by atoms with Gasteiger partial charge in [-0.25, -0.2) is 0 Å². The van der Waals surface area contributed by atoms with Crippen molar-refractivity contribution in [2.75, 3.05) is 30.8 Å². The van der Waals surface area contributed by atoms with Crippen LogP contribution in [0.1, 0.15) is 29.6 Å². The van der Waals surface area contributed by atoms with Crippen LogP contribution in [0.2, 0.25) is 0 Å². The molecule has 0 aromatic heterocycles. The molecule has 0 unspecified atom stereocenters. The minimum Gasteiger partial charge on any atom is -0.456 e. The Kier molecular flexibility index (Phi) is 6.33. The third kappa shape index (κ3) is 5.99. The van der Waals surface area contributed by atoms with Crippen LogP contribution >= 0.6 is 11.8 Å². The second-order valence-electron chi connectivity index (χ2n) is 6.39. The Bertz CT molecular complexity index is 750. The van der Waals surface area contributed by atoms with Gasteiger partial charge in [-0.3, -0.25) is 19.2 Å². The molecule has 27 heavy (non-hydrogen) atoms. The number of benzene rings is 1. The van der Waals surface area contributed by atoms with Crippen LogP contribution in [0.15, 0.2) is 24.3 Å². The summed E-state index contributed by atoms with van der Waals surface area (Å²) in [4.78, 5) is 48.7. The molecule has 8 nitrogen and oxygen atoms in total.